The van der Waals surface area contributed by atoms with Gasteiger partial charge in [-0.05, 0) is 25.8 Å². The lowest BCUT2D eigenvalue weighted by atomic mass is 9.89. The standard InChI is InChI=1S/C11H15NO2/c1-7(12)11(4-5-11)9-3-2-8(13)6-10(9)14/h2-3,6-7,13-14H,4-5,12H2,1H3. The van der Waals surface area contributed by atoms with Crippen LogP contribution in [0.15, 0.2) is 18.2 Å². The highest BCUT2D eigenvalue weighted by molar-refractivity contribution is 5.47. The molecule has 0 saturated heterocycles. The number of phenols is 2. The Balaban J connectivity index is 2.42. The van der Waals surface area contributed by atoms with Crippen molar-refractivity contribution in [3.05, 3.63) is 23.8 Å². The van der Waals surface area contributed by atoms with Crippen molar-refractivity contribution in [1.29, 1.82) is 0 Å². The maximum absolute atomic E-state index is 9.70. The van der Waals surface area contributed by atoms with Crippen molar-refractivity contribution in [2.45, 2.75) is 31.2 Å². The first-order valence-corrected chi connectivity index (χ1v) is 4.84. The van der Waals surface area contributed by atoms with E-state index in [1.807, 2.05) is 6.92 Å². The summed E-state index contributed by atoms with van der Waals surface area (Å²) >= 11 is 0. The second-order valence-corrected chi connectivity index (χ2v) is 4.15. The molecule has 1 aromatic carbocycles. The van der Waals surface area contributed by atoms with E-state index in [0.717, 1.165) is 18.4 Å². The van der Waals surface area contributed by atoms with Gasteiger partial charge in [0, 0.05) is 23.1 Å². The molecule has 2 rings (SSSR count). The van der Waals surface area contributed by atoms with Gasteiger partial charge in [-0.3, -0.25) is 0 Å². The Bertz CT molecular complexity index is 356. The van der Waals surface area contributed by atoms with Crippen molar-refractivity contribution in [1.82, 2.24) is 0 Å². The molecule has 0 bridgehead atoms. The zero-order valence-electron chi connectivity index (χ0n) is 8.20. The van der Waals surface area contributed by atoms with E-state index in [2.05, 4.69) is 0 Å². The summed E-state index contributed by atoms with van der Waals surface area (Å²) in [6.45, 7) is 1.96. The molecular formula is C11H15NO2. The smallest absolute Gasteiger partial charge is 0.123 e. The molecule has 3 nitrogen and oxygen atoms in total. The topological polar surface area (TPSA) is 66.5 Å². The normalized spacial score (nSPS) is 20.4. The third kappa shape index (κ3) is 1.24. The zero-order chi connectivity index (χ0) is 10.3. The number of hydrogen-bond acceptors (Lipinski definition) is 3. The summed E-state index contributed by atoms with van der Waals surface area (Å²) in [6.07, 6.45) is 2.03. The number of benzene rings is 1. The Hall–Kier alpha value is -1.22. The monoisotopic (exact) mass is 193 g/mol. The van der Waals surface area contributed by atoms with Crippen LogP contribution < -0.4 is 5.73 Å². The van der Waals surface area contributed by atoms with Crippen LogP contribution in [0.5, 0.6) is 11.5 Å². The molecule has 1 aromatic rings. The molecule has 1 atom stereocenters. The lowest BCUT2D eigenvalue weighted by molar-refractivity contribution is 0.432. The molecule has 3 heteroatoms. The summed E-state index contributed by atoms with van der Waals surface area (Å²) in [5, 5.41) is 18.9. The number of rotatable bonds is 2. The average Bonchev–Trinajstić information content (AvgIpc) is 2.84. The SMILES string of the molecule is CC(N)C1(c2ccc(O)cc2O)CC1. The number of aromatic hydroxyl groups is 2. The first-order valence-electron chi connectivity index (χ1n) is 4.84. The summed E-state index contributed by atoms with van der Waals surface area (Å²) in [6, 6.07) is 4.77. The van der Waals surface area contributed by atoms with E-state index < -0.39 is 0 Å². The van der Waals surface area contributed by atoms with Crippen LogP contribution in [-0.2, 0) is 5.41 Å². The second-order valence-electron chi connectivity index (χ2n) is 4.15. The van der Waals surface area contributed by atoms with Crippen molar-refractivity contribution in [2.24, 2.45) is 5.73 Å². The van der Waals surface area contributed by atoms with Crippen LogP contribution in [-0.4, -0.2) is 16.3 Å². The van der Waals surface area contributed by atoms with E-state index in [0.29, 0.717) is 0 Å². The van der Waals surface area contributed by atoms with Gasteiger partial charge in [0.2, 0.25) is 0 Å². The van der Waals surface area contributed by atoms with Gasteiger partial charge in [-0.2, -0.15) is 0 Å². The van der Waals surface area contributed by atoms with Gasteiger partial charge in [-0.25, -0.2) is 0 Å². The Morgan fingerprint density at radius 3 is 2.43 bits per heavy atom. The minimum absolute atomic E-state index is 0.0398. The van der Waals surface area contributed by atoms with Crippen LogP contribution in [0.1, 0.15) is 25.3 Å². The van der Waals surface area contributed by atoms with Crippen molar-refractivity contribution in [2.75, 3.05) is 0 Å². The van der Waals surface area contributed by atoms with Crippen LogP contribution in [0.3, 0.4) is 0 Å². The number of hydrogen-bond donors (Lipinski definition) is 3. The van der Waals surface area contributed by atoms with Crippen LogP contribution in [0.25, 0.3) is 0 Å². The fourth-order valence-electron chi connectivity index (χ4n) is 2.05. The predicted molar refractivity (Wildman–Crippen MR) is 54.3 cm³/mol. The zero-order valence-corrected chi connectivity index (χ0v) is 8.20. The van der Waals surface area contributed by atoms with Gasteiger partial charge in [0.25, 0.3) is 0 Å². The van der Waals surface area contributed by atoms with E-state index in [4.69, 9.17) is 5.73 Å². The van der Waals surface area contributed by atoms with E-state index >= 15 is 0 Å². The molecule has 0 aromatic heterocycles. The molecule has 0 spiro atoms. The summed E-state index contributed by atoms with van der Waals surface area (Å²) < 4.78 is 0. The summed E-state index contributed by atoms with van der Waals surface area (Å²) in [5.41, 5.74) is 6.71. The minimum atomic E-state index is -0.0578. The quantitative estimate of drug-likeness (QED) is 0.666. The Kier molecular flexibility index (Phi) is 1.93. The fourth-order valence-corrected chi connectivity index (χ4v) is 2.05. The molecule has 1 saturated carbocycles. The highest BCUT2D eigenvalue weighted by Gasteiger charge is 2.48. The van der Waals surface area contributed by atoms with Crippen LogP contribution in [0, 0.1) is 0 Å². The van der Waals surface area contributed by atoms with Crippen LogP contribution in [0.4, 0.5) is 0 Å². The molecule has 14 heavy (non-hydrogen) atoms. The van der Waals surface area contributed by atoms with E-state index in [1.54, 1.807) is 12.1 Å². The third-order valence-corrected chi connectivity index (χ3v) is 3.18. The van der Waals surface area contributed by atoms with Crippen molar-refractivity contribution in [3.8, 4) is 11.5 Å². The van der Waals surface area contributed by atoms with Gasteiger partial charge in [-0.15, -0.1) is 0 Å². The molecule has 0 radical (unpaired) electrons. The highest BCUT2D eigenvalue weighted by Crippen LogP contribution is 2.53. The molecule has 1 unspecified atom stereocenters. The van der Waals surface area contributed by atoms with E-state index in [9.17, 15) is 10.2 Å². The summed E-state index contributed by atoms with van der Waals surface area (Å²) in [4.78, 5) is 0. The van der Waals surface area contributed by atoms with Crippen LogP contribution >= 0.6 is 0 Å². The molecular weight excluding hydrogens is 178 g/mol. The first kappa shape index (κ1) is 9.34. The molecule has 1 aliphatic carbocycles. The molecule has 1 aliphatic rings. The van der Waals surface area contributed by atoms with Crippen LogP contribution in [0.2, 0.25) is 0 Å². The molecule has 76 valence electrons. The van der Waals surface area contributed by atoms with Gasteiger partial charge in [0.05, 0.1) is 0 Å². The van der Waals surface area contributed by atoms with Gasteiger partial charge in [-0.1, -0.05) is 6.07 Å². The first-order chi connectivity index (χ1) is 6.56. The molecule has 0 aliphatic heterocycles. The Morgan fingerprint density at radius 2 is 2.00 bits per heavy atom. The maximum Gasteiger partial charge on any atom is 0.123 e. The maximum atomic E-state index is 9.70. The summed E-state index contributed by atoms with van der Waals surface area (Å²) in [7, 11) is 0. The number of nitrogens with two attached hydrogens (primary N) is 1. The Labute approximate surface area is 83.2 Å². The molecule has 4 N–H and O–H groups in total. The van der Waals surface area contributed by atoms with E-state index in [1.165, 1.54) is 6.07 Å². The van der Waals surface area contributed by atoms with Gasteiger partial charge in [0.1, 0.15) is 11.5 Å². The lowest BCUT2D eigenvalue weighted by Crippen LogP contribution is -2.31. The van der Waals surface area contributed by atoms with Crippen molar-refractivity contribution < 1.29 is 10.2 Å². The summed E-state index contributed by atoms with van der Waals surface area (Å²) in [5.74, 6) is 0.242. The van der Waals surface area contributed by atoms with E-state index in [-0.39, 0.29) is 23.0 Å². The average molecular weight is 193 g/mol. The number of phenolic OH excluding ortho intramolecular Hbond substituents is 2. The highest BCUT2D eigenvalue weighted by atomic mass is 16.3. The fraction of sp³-hybridized carbons (Fsp3) is 0.455. The van der Waals surface area contributed by atoms with Gasteiger partial charge >= 0.3 is 0 Å². The molecule has 0 amide bonds. The van der Waals surface area contributed by atoms with Gasteiger partial charge in [0.15, 0.2) is 0 Å². The Morgan fingerprint density at radius 1 is 1.36 bits per heavy atom. The molecule has 0 heterocycles. The predicted octanol–water partition coefficient (Wildman–Crippen LogP) is 1.48. The van der Waals surface area contributed by atoms with Gasteiger partial charge < -0.3 is 15.9 Å². The van der Waals surface area contributed by atoms with Crippen molar-refractivity contribution in [3.63, 3.8) is 0 Å². The van der Waals surface area contributed by atoms with Crippen molar-refractivity contribution >= 4 is 0 Å². The lowest BCUT2D eigenvalue weighted by Gasteiger charge is -2.21. The third-order valence-electron chi connectivity index (χ3n) is 3.18. The second kappa shape index (κ2) is 2.89. The molecule has 1 fully saturated rings. The minimum Gasteiger partial charge on any atom is -0.508 e. The largest absolute Gasteiger partial charge is 0.508 e.